The van der Waals surface area contributed by atoms with Crippen molar-refractivity contribution in [1.82, 2.24) is 39.3 Å². The van der Waals surface area contributed by atoms with Gasteiger partial charge in [-0.15, -0.1) is 0 Å². The summed E-state index contributed by atoms with van der Waals surface area (Å²) in [4.78, 5) is 45.6. The van der Waals surface area contributed by atoms with Crippen molar-refractivity contribution >= 4 is 22.3 Å². The fraction of sp³-hybridized carbons (Fsp3) is 0. The molecule has 0 bridgehead atoms. The van der Waals surface area contributed by atoms with Crippen molar-refractivity contribution in [1.29, 1.82) is 0 Å². The first-order valence-electron chi connectivity index (χ1n) is 5.58. The molecule has 10 nitrogen and oxygen atoms in total. The Morgan fingerprint density at radius 2 is 1.20 bits per heavy atom. The Bertz CT molecular complexity index is 966. The number of H-pyrrole nitrogens is 2. The fourth-order valence-corrected chi connectivity index (χ4v) is 1.94. The molecule has 0 amide bonds. The molecule has 4 aromatic heterocycles. The summed E-state index contributed by atoms with van der Waals surface area (Å²) in [5.74, 6) is 0. The fourth-order valence-electron chi connectivity index (χ4n) is 1.94. The molecule has 0 atom stereocenters. The van der Waals surface area contributed by atoms with Crippen LogP contribution in [0.1, 0.15) is 0 Å². The van der Waals surface area contributed by atoms with Gasteiger partial charge in [-0.05, 0) is 0 Å². The van der Waals surface area contributed by atoms with Crippen LogP contribution in [0.3, 0.4) is 0 Å². The van der Waals surface area contributed by atoms with Crippen LogP contribution in [0.15, 0.2) is 34.9 Å². The van der Waals surface area contributed by atoms with Crippen LogP contribution in [0, 0.1) is 0 Å². The molecule has 0 spiro atoms. The Morgan fingerprint density at radius 3 is 1.65 bits per heavy atom. The molecule has 4 heterocycles. The van der Waals surface area contributed by atoms with E-state index in [2.05, 4.69) is 29.9 Å². The van der Waals surface area contributed by atoms with E-state index >= 15 is 0 Å². The van der Waals surface area contributed by atoms with Gasteiger partial charge in [-0.1, -0.05) is 0 Å². The van der Waals surface area contributed by atoms with Gasteiger partial charge in [0, 0.05) is 0 Å². The maximum Gasteiger partial charge on any atom is 0.298 e. The lowest BCUT2D eigenvalue weighted by Crippen LogP contribution is -2.35. The minimum Gasteiger partial charge on any atom is -0.339 e. The number of hydrogen-bond donors (Lipinski definition) is 2. The van der Waals surface area contributed by atoms with E-state index in [0.29, 0.717) is 0 Å². The average molecular weight is 270 g/mol. The van der Waals surface area contributed by atoms with E-state index in [1.807, 2.05) is 0 Å². The smallest absolute Gasteiger partial charge is 0.298 e. The molecule has 0 radical (unpaired) electrons. The molecule has 0 aliphatic carbocycles. The van der Waals surface area contributed by atoms with Gasteiger partial charge in [0.15, 0.2) is 22.3 Å². The zero-order valence-corrected chi connectivity index (χ0v) is 9.81. The molecule has 4 aromatic rings. The molecule has 10 heteroatoms. The lowest BCUT2D eigenvalue weighted by atomic mass is 10.5. The third-order valence-corrected chi connectivity index (χ3v) is 2.89. The van der Waals surface area contributed by atoms with Crippen LogP contribution < -0.4 is 11.1 Å². The first kappa shape index (κ1) is 10.6. The van der Waals surface area contributed by atoms with Crippen LogP contribution in [-0.4, -0.2) is 39.3 Å². The highest BCUT2D eigenvalue weighted by Gasteiger charge is 2.11. The Balaban J connectivity index is 2.10. The van der Waals surface area contributed by atoms with Gasteiger partial charge < -0.3 is 9.97 Å². The summed E-state index contributed by atoms with van der Waals surface area (Å²) in [5.41, 5.74) is 0.100. The summed E-state index contributed by atoms with van der Waals surface area (Å²) in [7, 11) is 0. The SMILES string of the molecule is O=c1c2[nH]cnc2ncn1-n1cnc2nc[nH]c2c1=O. The summed E-state index contributed by atoms with van der Waals surface area (Å²) < 4.78 is 2.10. The molecule has 0 aromatic carbocycles. The van der Waals surface area contributed by atoms with Crippen molar-refractivity contribution in [3.63, 3.8) is 0 Å². The Morgan fingerprint density at radius 1 is 0.750 bits per heavy atom. The van der Waals surface area contributed by atoms with Crippen LogP contribution in [0.2, 0.25) is 0 Å². The normalized spacial score (nSPS) is 11.4. The van der Waals surface area contributed by atoms with Crippen LogP contribution in [0.25, 0.3) is 22.3 Å². The maximum atomic E-state index is 12.3. The van der Waals surface area contributed by atoms with Crippen molar-refractivity contribution in [3.8, 4) is 0 Å². The van der Waals surface area contributed by atoms with Crippen LogP contribution in [0.4, 0.5) is 0 Å². The average Bonchev–Trinajstić information content (AvgIpc) is 3.09. The number of nitrogens with one attached hydrogen (secondary N) is 2. The molecule has 98 valence electrons. The first-order valence-corrected chi connectivity index (χ1v) is 5.58. The van der Waals surface area contributed by atoms with Gasteiger partial charge in [-0.3, -0.25) is 9.59 Å². The van der Waals surface area contributed by atoms with E-state index in [9.17, 15) is 9.59 Å². The van der Waals surface area contributed by atoms with E-state index in [1.54, 1.807) is 0 Å². The molecular formula is C10H6N8O2. The van der Waals surface area contributed by atoms with Crippen molar-refractivity contribution in [2.45, 2.75) is 0 Å². The van der Waals surface area contributed by atoms with Crippen molar-refractivity contribution in [2.75, 3.05) is 0 Å². The van der Waals surface area contributed by atoms with Gasteiger partial charge in [0.1, 0.15) is 12.7 Å². The molecule has 4 rings (SSSR count). The summed E-state index contributed by atoms with van der Waals surface area (Å²) in [6, 6.07) is 0. The van der Waals surface area contributed by atoms with E-state index in [0.717, 1.165) is 9.35 Å². The predicted molar refractivity (Wildman–Crippen MR) is 67.1 cm³/mol. The third kappa shape index (κ3) is 1.27. The van der Waals surface area contributed by atoms with Crippen LogP contribution in [0.5, 0.6) is 0 Å². The second-order valence-corrected chi connectivity index (χ2v) is 3.99. The predicted octanol–water partition coefficient (Wildman–Crippen LogP) is -1.14. The van der Waals surface area contributed by atoms with Gasteiger partial charge in [-0.25, -0.2) is 19.9 Å². The zero-order chi connectivity index (χ0) is 13.7. The molecule has 0 saturated carbocycles. The van der Waals surface area contributed by atoms with Gasteiger partial charge in [0.2, 0.25) is 0 Å². The lowest BCUT2D eigenvalue weighted by molar-refractivity contribution is 0.591. The number of aromatic amines is 2. The summed E-state index contributed by atoms with van der Waals surface area (Å²) >= 11 is 0. The van der Waals surface area contributed by atoms with Gasteiger partial charge in [-0.2, -0.15) is 9.35 Å². The summed E-state index contributed by atoms with van der Waals surface area (Å²) in [6.07, 6.45) is 5.17. The monoisotopic (exact) mass is 270 g/mol. The van der Waals surface area contributed by atoms with E-state index in [1.165, 1.54) is 25.3 Å². The Hall–Kier alpha value is -3.30. The van der Waals surface area contributed by atoms with E-state index in [4.69, 9.17) is 0 Å². The van der Waals surface area contributed by atoms with Gasteiger partial charge in [0.25, 0.3) is 11.1 Å². The molecule has 0 aliphatic heterocycles. The summed E-state index contributed by atoms with van der Waals surface area (Å²) in [6.45, 7) is 0. The number of rotatable bonds is 1. The molecule has 0 aliphatic rings. The van der Waals surface area contributed by atoms with Crippen molar-refractivity contribution < 1.29 is 0 Å². The molecule has 0 unspecified atom stereocenters. The van der Waals surface area contributed by atoms with Crippen LogP contribution >= 0.6 is 0 Å². The zero-order valence-electron chi connectivity index (χ0n) is 9.81. The van der Waals surface area contributed by atoms with Crippen LogP contribution in [-0.2, 0) is 0 Å². The summed E-state index contributed by atoms with van der Waals surface area (Å²) in [5, 5.41) is 0. The lowest BCUT2D eigenvalue weighted by Gasteiger charge is -2.06. The minimum absolute atomic E-state index is 0.212. The van der Waals surface area contributed by atoms with Crippen molar-refractivity contribution in [3.05, 3.63) is 46.0 Å². The number of imidazole rings is 2. The Kier molecular flexibility index (Phi) is 1.91. The highest BCUT2D eigenvalue weighted by molar-refractivity contribution is 5.68. The quantitative estimate of drug-likeness (QED) is 0.450. The molecule has 0 fully saturated rings. The third-order valence-electron chi connectivity index (χ3n) is 2.89. The molecule has 20 heavy (non-hydrogen) atoms. The molecule has 0 saturated heterocycles. The number of fused-ring (bicyclic) bond motifs is 2. The highest BCUT2D eigenvalue weighted by Crippen LogP contribution is 2.00. The van der Waals surface area contributed by atoms with Gasteiger partial charge >= 0.3 is 0 Å². The van der Waals surface area contributed by atoms with Gasteiger partial charge in [0.05, 0.1) is 12.7 Å². The van der Waals surface area contributed by atoms with E-state index < -0.39 is 11.1 Å². The first-order chi connectivity index (χ1) is 9.75. The number of nitrogens with zero attached hydrogens (tertiary/aromatic N) is 6. The maximum absolute atomic E-state index is 12.3. The largest absolute Gasteiger partial charge is 0.339 e. The minimum atomic E-state index is -0.449. The van der Waals surface area contributed by atoms with Crippen molar-refractivity contribution in [2.24, 2.45) is 0 Å². The topological polar surface area (TPSA) is 127 Å². The van der Waals surface area contributed by atoms with E-state index in [-0.39, 0.29) is 22.3 Å². The standard InChI is InChI=1S/C10H6N8O2/c19-9-5-7(13-1-11-5)15-3-17(9)18-4-16-8-6(10(18)20)12-2-14-8/h1-4H,(H,11,13)(H,12,14). The number of aromatic nitrogens is 8. The second-order valence-electron chi connectivity index (χ2n) is 3.99. The highest BCUT2D eigenvalue weighted by atomic mass is 16.2. The Labute approximate surface area is 108 Å². The second kappa shape index (κ2) is 3.60. The number of hydrogen-bond acceptors (Lipinski definition) is 6. The molecular weight excluding hydrogens is 264 g/mol. The molecule has 2 N–H and O–H groups in total.